The first-order chi connectivity index (χ1) is 11.4. The van der Waals surface area contributed by atoms with Crippen molar-refractivity contribution < 1.29 is 14.3 Å². The maximum absolute atomic E-state index is 13.1. The summed E-state index contributed by atoms with van der Waals surface area (Å²) in [4.78, 5) is 30.6. The maximum Gasteiger partial charge on any atom is 0.255 e. The zero-order chi connectivity index (χ0) is 17.7. The van der Waals surface area contributed by atoms with Gasteiger partial charge in [-0.3, -0.25) is 9.59 Å². The third kappa shape index (κ3) is 4.80. The van der Waals surface area contributed by atoms with Gasteiger partial charge in [0.1, 0.15) is 5.82 Å². The summed E-state index contributed by atoms with van der Waals surface area (Å²) in [6.45, 7) is 1.53. The highest BCUT2D eigenvalue weighted by atomic mass is 35.5. The van der Waals surface area contributed by atoms with Crippen molar-refractivity contribution >= 4 is 35.0 Å². The fourth-order valence-corrected chi connectivity index (χ4v) is 2.85. The lowest BCUT2D eigenvalue weighted by Crippen LogP contribution is -2.19. The van der Waals surface area contributed by atoms with Crippen LogP contribution in [0.5, 0.6) is 0 Å². The van der Waals surface area contributed by atoms with Crippen LogP contribution in [0, 0.1) is 12.7 Å². The van der Waals surface area contributed by atoms with Gasteiger partial charge in [0, 0.05) is 30.0 Å². The van der Waals surface area contributed by atoms with Crippen LogP contribution in [0.25, 0.3) is 0 Å². The van der Waals surface area contributed by atoms with Gasteiger partial charge in [0.25, 0.3) is 5.56 Å². The molecule has 1 aromatic heterocycles. The molecule has 1 amide bonds. The molecular formula is C15H15ClFN3O3S. The Balaban J connectivity index is 1.98. The van der Waals surface area contributed by atoms with Crippen molar-refractivity contribution in [1.29, 1.82) is 0 Å². The number of carbonyl (C=O) groups is 1. The largest absolute Gasteiger partial charge is 0.396 e. The number of amides is 1. The Morgan fingerprint density at radius 2 is 2.25 bits per heavy atom. The van der Waals surface area contributed by atoms with Gasteiger partial charge >= 0.3 is 0 Å². The predicted octanol–water partition coefficient (Wildman–Crippen LogP) is 2.14. The number of aliphatic hydroxyl groups is 1. The second-order valence-corrected chi connectivity index (χ2v) is 6.25. The minimum Gasteiger partial charge on any atom is -0.396 e. The van der Waals surface area contributed by atoms with Crippen molar-refractivity contribution in [3.05, 3.63) is 50.7 Å². The molecule has 3 N–H and O–H groups in total. The highest BCUT2D eigenvalue weighted by Gasteiger charge is 2.10. The summed E-state index contributed by atoms with van der Waals surface area (Å²) < 4.78 is 13.1. The first kappa shape index (κ1) is 18.4. The number of anilines is 1. The van der Waals surface area contributed by atoms with Crippen LogP contribution in [0.4, 0.5) is 10.1 Å². The van der Waals surface area contributed by atoms with E-state index in [1.807, 2.05) is 0 Å². The van der Waals surface area contributed by atoms with E-state index in [2.05, 4.69) is 15.3 Å². The van der Waals surface area contributed by atoms with Crippen LogP contribution >= 0.6 is 23.4 Å². The lowest BCUT2D eigenvalue weighted by Gasteiger charge is -2.07. The SMILES string of the molecule is Cc1nc(SCC(=O)Nc2ccc(F)c(Cl)c2)[nH]c(=O)c1CCO. The van der Waals surface area contributed by atoms with Gasteiger partial charge in [-0.25, -0.2) is 9.37 Å². The van der Waals surface area contributed by atoms with Crippen LogP contribution in [0.3, 0.4) is 0 Å². The molecule has 0 bridgehead atoms. The first-order valence-electron chi connectivity index (χ1n) is 6.99. The number of H-pyrrole nitrogens is 1. The smallest absolute Gasteiger partial charge is 0.255 e. The van der Waals surface area contributed by atoms with Gasteiger partial charge in [0.15, 0.2) is 5.16 Å². The van der Waals surface area contributed by atoms with Crippen LogP contribution in [0.15, 0.2) is 28.2 Å². The molecule has 0 aliphatic carbocycles. The third-order valence-corrected chi connectivity index (χ3v) is 4.27. The molecule has 2 rings (SSSR count). The topological polar surface area (TPSA) is 95.1 Å². The van der Waals surface area contributed by atoms with Crippen LogP contribution in [0.2, 0.25) is 5.02 Å². The van der Waals surface area contributed by atoms with Crippen LogP contribution in [-0.4, -0.2) is 33.3 Å². The molecule has 1 aromatic carbocycles. The number of halogens is 2. The lowest BCUT2D eigenvalue weighted by atomic mass is 10.2. The van der Waals surface area contributed by atoms with E-state index < -0.39 is 5.82 Å². The van der Waals surface area contributed by atoms with E-state index in [4.69, 9.17) is 16.7 Å². The molecule has 0 radical (unpaired) electrons. The van der Waals surface area contributed by atoms with E-state index in [-0.39, 0.29) is 35.3 Å². The molecule has 0 saturated carbocycles. The van der Waals surface area contributed by atoms with E-state index in [1.165, 1.54) is 12.1 Å². The number of aromatic nitrogens is 2. The number of nitrogens with one attached hydrogen (secondary N) is 2. The van der Waals surface area contributed by atoms with Gasteiger partial charge in [0.2, 0.25) is 5.91 Å². The minimum atomic E-state index is -0.565. The number of aromatic amines is 1. The molecule has 0 aliphatic heterocycles. The van der Waals surface area contributed by atoms with Crippen molar-refractivity contribution in [3.63, 3.8) is 0 Å². The average molecular weight is 372 g/mol. The average Bonchev–Trinajstić information content (AvgIpc) is 2.52. The lowest BCUT2D eigenvalue weighted by molar-refractivity contribution is -0.113. The van der Waals surface area contributed by atoms with Crippen molar-refractivity contribution in [2.45, 2.75) is 18.5 Å². The third-order valence-electron chi connectivity index (χ3n) is 3.11. The Hall–Kier alpha value is -1.90. The fraction of sp³-hybridized carbons (Fsp3) is 0.267. The summed E-state index contributed by atoms with van der Waals surface area (Å²) in [5.74, 6) is -0.900. The van der Waals surface area contributed by atoms with Crippen molar-refractivity contribution in [3.8, 4) is 0 Å². The van der Waals surface area contributed by atoms with Gasteiger partial charge in [0.05, 0.1) is 10.8 Å². The Bertz CT molecular complexity index is 813. The van der Waals surface area contributed by atoms with Crippen molar-refractivity contribution in [2.75, 3.05) is 17.7 Å². The number of hydrogen-bond acceptors (Lipinski definition) is 5. The normalized spacial score (nSPS) is 10.7. The molecule has 128 valence electrons. The summed E-state index contributed by atoms with van der Waals surface area (Å²) in [6.07, 6.45) is 0.227. The predicted molar refractivity (Wildman–Crippen MR) is 91.1 cm³/mol. The summed E-state index contributed by atoms with van der Waals surface area (Å²) in [6, 6.07) is 3.87. The number of carbonyl (C=O) groups excluding carboxylic acids is 1. The van der Waals surface area contributed by atoms with Gasteiger partial charge in [-0.2, -0.15) is 0 Å². The summed E-state index contributed by atoms with van der Waals surface area (Å²) in [5, 5.41) is 11.7. The molecule has 0 atom stereocenters. The second-order valence-electron chi connectivity index (χ2n) is 4.87. The quantitative estimate of drug-likeness (QED) is 0.534. The number of benzene rings is 1. The van der Waals surface area contributed by atoms with Crippen molar-refractivity contribution in [1.82, 2.24) is 9.97 Å². The molecule has 9 heteroatoms. The molecule has 0 fully saturated rings. The summed E-state index contributed by atoms with van der Waals surface area (Å²) in [5.41, 5.74) is 0.987. The van der Waals surface area contributed by atoms with Crippen molar-refractivity contribution in [2.24, 2.45) is 0 Å². The first-order valence-corrected chi connectivity index (χ1v) is 8.35. The van der Waals surface area contributed by atoms with Crippen LogP contribution < -0.4 is 10.9 Å². The molecule has 0 unspecified atom stereocenters. The molecule has 0 saturated heterocycles. The molecule has 0 aliphatic rings. The highest BCUT2D eigenvalue weighted by Crippen LogP contribution is 2.20. The number of aliphatic hydroxyl groups excluding tert-OH is 1. The second kappa shape index (κ2) is 8.27. The minimum absolute atomic E-state index is 0.0106. The van der Waals surface area contributed by atoms with Crippen LogP contribution in [0.1, 0.15) is 11.3 Å². The van der Waals surface area contributed by atoms with E-state index in [0.29, 0.717) is 22.1 Å². The zero-order valence-corrected chi connectivity index (χ0v) is 14.3. The molecule has 2 aromatic rings. The van der Waals surface area contributed by atoms with Gasteiger partial charge in [-0.1, -0.05) is 23.4 Å². The van der Waals surface area contributed by atoms with Gasteiger partial charge < -0.3 is 15.4 Å². The molecule has 6 nitrogen and oxygen atoms in total. The Morgan fingerprint density at radius 1 is 1.50 bits per heavy atom. The zero-order valence-electron chi connectivity index (χ0n) is 12.7. The Labute approximate surface area is 146 Å². The van der Waals surface area contributed by atoms with E-state index in [9.17, 15) is 14.0 Å². The van der Waals surface area contributed by atoms with Gasteiger partial charge in [-0.15, -0.1) is 0 Å². The van der Waals surface area contributed by atoms with E-state index in [0.717, 1.165) is 17.8 Å². The molecule has 24 heavy (non-hydrogen) atoms. The maximum atomic E-state index is 13.1. The monoisotopic (exact) mass is 371 g/mol. The Kier molecular flexibility index (Phi) is 6.36. The number of nitrogens with zero attached hydrogens (tertiary/aromatic N) is 1. The highest BCUT2D eigenvalue weighted by molar-refractivity contribution is 7.99. The van der Waals surface area contributed by atoms with E-state index >= 15 is 0 Å². The summed E-state index contributed by atoms with van der Waals surface area (Å²) in [7, 11) is 0. The fourth-order valence-electron chi connectivity index (χ4n) is 1.96. The number of aryl methyl sites for hydroxylation is 1. The number of rotatable bonds is 6. The number of hydrogen-bond donors (Lipinski definition) is 3. The molecule has 1 heterocycles. The summed E-state index contributed by atoms with van der Waals surface area (Å²) >= 11 is 6.71. The number of thioether (sulfide) groups is 1. The van der Waals surface area contributed by atoms with Crippen LogP contribution in [-0.2, 0) is 11.2 Å². The Morgan fingerprint density at radius 3 is 2.88 bits per heavy atom. The molecular weight excluding hydrogens is 357 g/mol. The molecule has 0 spiro atoms. The van der Waals surface area contributed by atoms with E-state index in [1.54, 1.807) is 6.92 Å². The standard InChI is InChI=1S/C15H15ClFN3O3S/c1-8-10(4-5-21)14(23)20-15(18-8)24-7-13(22)19-9-2-3-12(17)11(16)6-9/h2-3,6,21H,4-5,7H2,1H3,(H,19,22)(H,18,20,23). The van der Waals surface area contributed by atoms with Gasteiger partial charge in [-0.05, 0) is 25.1 Å².